The number of rotatable bonds is 5. The summed E-state index contributed by atoms with van der Waals surface area (Å²) in [4.78, 5) is 12.0. The maximum Gasteiger partial charge on any atom is 0.273 e. The number of carbonyl (C=O) groups excluding carboxylic acids is 1. The number of benzene rings is 1. The number of hydrogen-bond acceptors (Lipinski definition) is 3. The van der Waals surface area contributed by atoms with E-state index in [0.29, 0.717) is 12.2 Å². The summed E-state index contributed by atoms with van der Waals surface area (Å²) in [5, 5.41) is 10.9. The lowest BCUT2D eigenvalue weighted by Crippen LogP contribution is -2.25. The van der Waals surface area contributed by atoms with E-state index in [0.717, 1.165) is 28.7 Å². The van der Waals surface area contributed by atoms with E-state index in [2.05, 4.69) is 38.5 Å². The first-order valence-electron chi connectivity index (χ1n) is 6.60. The van der Waals surface area contributed by atoms with Gasteiger partial charge in [0.25, 0.3) is 5.91 Å². The van der Waals surface area contributed by atoms with Gasteiger partial charge in [-0.1, -0.05) is 34.5 Å². The highest BCUT2D eigenvalue weighted by atomic mass is 79.9. The molecule has 0 aliphatic rings. The lowest BCUT2D eigenvalue weighted by molar-refractivity contribution is 0.0947. The third-order valence-corrected chi connectivity index (χ3v) is 3.53. The molecule has 2 aromatic rings. The number of hydrogen-bond donors (Lipinski definition) is 1. The Labute approximate surface area is 126 Å². The van der Waals surface area contributed by atoms with Crippen LogP contribution in [0.15, 0.2) is 28.7 Å². The van der Waals surface area contributed by atoms with Crippen molar-refractivity contribution in [1.82, 2.24) is 20.3 Å². The first-order chi connectivity index (χ1) is 9.63. The van der Waals surface area contributed by atoms with Gasteiger partial charge in [-0.2, -0.15) is 0 Å². The molecule has 1 heterocycles. The van der Waals surface area contributed by atoms with Crippen molar-refractivity contribution in [2.45, 2.75) is 26.7 Å². The number of nitrogens with one attached hydrogen (secondary N) is 1. The first-order valence-corrected chi connectivity index (χ1v) is 7.39. The molecule has 2 rings (SSSR count). The van der Waals surface area contributed by atoms with Crippen molar-refractivity contribution in [3.63, 3.8) is 0 Å². The van der Waals surface area contributed by atoms with Crippen molar-refractivity contribution in [3.8, 4) is 5.69 Å². The smallest absolute Gasteiger partial charge is 0.273 e. The maximum absolute atomic E-state index is 12.0. The van der Waals surface area contributed by atoms with Gasteiger partial charge >= 0.3 is 0 Å². The average molecular weight is 337 g/mol. The molecule has 106 valence electrons. The van der Waals surface area contributed by atoms with Gasteiger partial charge in [0.05, 0.1) is 11.4 Å². The highest BCUT2D eigenvalue weighted by molar-refractivity contribution is 9.10. The van der Waals surface area contributed by atoms with Gasteiger partial charge in [-0.25, -0.2) is 4.68 Å². The molecule has 0 saturated carbocycles. The molecule has 1 aromatic carbocycles. The minimum Gasteiger partial charge on any atom is -0.351 e. The van der Waals surface area contributed by atoms with Gasteiger partial charge in [-0.15, -0.1) is 5.10 Å². The Morgan fingerprint density at radius 3 is 2.70 bits per heavy atom. The fourth-order valence-electron chi connectivity index (χ4n) is 1.83. The van der Waals surface area contributed by atoms with E-state index >= 15 is 0 Å². The molecule has 1 aromatic heterocycles. The molecule has 20 heavy (non-hydrogen) atoms. The van der Waals surface area contributed by atoms with Crippen LogP contribution >= 0.6 is 15.9 Å². The summed E-state index contributed by atoms with van der Waals surface area (Å²) < 4.78 is 2.66. The van der Waals surface area contributed by atoms with Crippen molar-refractivity contribution in [2.24, 2.45) is 0 Å². The van der Waals surface area contributed by atoms with Crippen LogP contribution in [-0.2, 0) is 0 Å². The number of unbranched alkanes of at least 4 members (excludes halogenated alkanes) is 1. The highest BCUT2D eigenvalue weighted by Crippen LogP contribution is 2.16. The zero-order valence-electron chi connectivity index (χ0n) is 11.6. The molecule has 5 nitrogen and oxygen atoms in total. The van der Waals surface area contributed by atoms with E-state index in [1.54, 1.807) is 4.68 Å². The molecular weight excluding hydrogens is 320 g/mol. The summed E-state index contributed by atoms with van der Waals surface area (Å²) in [6.07, 6.45) is 2.01. The Balaban J connectivity index is 2.18. The Morgan fingerprint density at radius 2 is 2.05 bits per heavy atom. The van der Waals surface area contributed by atoms with Gasteiger partial charge in [0.2, 0.25) is 0 Å². The van der Waals surface area contributed by atoms with Gasteiger partial charge in [-0.3, -0.25) is 4.79 Å². The molecular formula is C14H17BrN4O. The molecule has 0 saturated heterocycles. The third-order valence-electron chi connectivity index (χ3n) is 3.00. The van der Waals surface area contributed by atoms with E-state index < -0.39 is 0 Å². The van der Waals surface area contributed by atoms with E-state index in [-0.39, 0.29) is 5.91 Å². The number of aromatic nitrogens is 3. The van der Waals surface area contributed by atoms with Crippen LogP contribution < -0.4 is 5.32 Å². The van der Waals surface area contributed by atoms with E-state index in [9.17, 15) is 4.79 Å². The summed E-state index contributed by atoms with van der Waals surface area (Å²) >= 11 is 3.39. The van der Waals surface area contributed by atoms with Crippen molar-refractivity contribution < 1.29 is 4.79 Å². The van der Waals surface area contributed by atoms with Crippen molar-refractivity contribution in [2.75, 3.05) is 6.54 Å². The fraction of sp³-hybridized carbons (Fsp3) is 0.357. The van der Waals surface area contributed by atoms with E-state index in [4.69, 9.17) is 0 Å². The van der Waals surface area contributed by atoms with Gasteiger partial charge in [0.15, 0.2) is 5.69 Å². The molecule has 0 aliphatic heterocycles. The normalized spacial score (nSPS) is 10.6. The summed E-state index contributed by atoms with van der Waals surface area (Å²) in [7, 11) is 0. The van der Waals surface area contributed by atoms with Crippen LogP contribution in [0.5, 0.6) is 0 Å². The third kappa shape index (κ3) is 3.25. The SMILES string of the molecule is CCCCNC(=O)c1nnn(-c2ccc(Br)cc2)c1C. The molecule has 0 radical (unpaired) electrons. The largest absolute Gasteiger partial charge is 0.351 e. The number of amides is 1. The summed E-state index contributed by atoms with van der Waals surface area (Å²) in [5.74, 6) is -0.167. The van der Waals surface area contributed by atoms with E-state index in [1.165, 1.54) is 0 Å². The first kappa shape index (κ1) is 14.7. The maximum atomic E-state index is 12.0. The number of nitrogens with zero attached hydrogens (tertiary/aromatic N) is 3. The average Bonchev–Trinajstić information content (AvgIpc) is 2.82. The number of halogens is 1. The quantitative estimate of drug-likeness (QED) is 0.854. The molecule has 6 heteroatoms. The van der Waals surface area contributed by atoms with Gasteiger partial charge in [0.1, 0.15) is 0 Å². The Hall–Kier alpha value is -1.69. The lowest BCUT2D eigenvalue weighted by Gasteiger charge is -2.04. The minimum atomic E-state index is -0.167. The Kier molecular flexibility index (Phi) is 4.89. The van der Waals surface area contributed by atoms with Crippen molar-refractivity contribution in [1.29, 1.82) is 0 Å². The molecule has 0 atom stereocenters. The van der Waals surface area contributed by atoms with Crippen LogP contribution in [0.1, 0.15) is 35.9 Å². The van der Waals surface area contributed by atoms with Crippen LogP contribution in [0.2, 0.25) is 0 Å². The molecule has 0 bridgehead atoms. The zero-order chi connectivity index (χ0) is 14.5. The van der Waals surface area contributed by atoms with Crippen molar-refractivity contribution in [3.05, 3.63) is 40.1 Å². The van der Waals surface area contributed by atoms with Crippen LogP contribution in [0.25, 0.3) is 5.69 Å². The molecule has 0 fully saturated rings. The van der Waals surface area contributed by atoms with Crippen LogP contribution in [0.3, 0.4) is 0 Å². The Bertz CT molecular complexity index is 592. The topological polar surface area (TPSA) is 59.8 Å². The summed E-state index contributed by atoms with van der Waals surface area (Å²) in [6, 6.07) is 7.70. The lowest BCUT2D eigenvalue weighted by atomic mass is 10.2. The standard InChI is InChI=1S/C14H17BrN4O/c1-3-4-9-16-14(20)13-10(2)19(18-17-13)12-7-5-11(15)6-8-12/h5-8H,3-4,9H2,1-2H3,(H,16,20). The Morgan fingerprint density at radius 1 is 1.35 bits per heavy atom. The molecule has 1 amide bonds. The monoisotopic (exact) mass is 336 g/mol. The second-order valence-corrected chi connectivity index (χ2v) is 5.44. The zero-order valence-corrected chi connectivity index (χ0v) is 13.1. The van der Waals surface area contributed by atoms with E-state index in [1.807, 2.05) is 31.2 Å². The fourth-order valence-corrected chi connectivity index (χ4v) is 2.09. The molecule has 0 unspecified atom stereocenters. The van der Waals surface area contributed by atoms with Crippen LogP contribution in [0.4, 0.5) is 0 Å². The van der Waals surface area contributed by atoms with Crippen molar-refractivity contribution >= 4 is 21.8 Å². The minimum absolute atomic E-state index is 0.167. The second-order valence-electron chi connectivity index (χ2n) is 4.52. The highest BCUT2D eigenvalue weighted by Gasteiger charge is 2.16. The molecule has 1 N–H and O–H groups in total. The molecule has 0 spiro atoms. The summed E-state index contributed by atoms with van der Waals surface area (Å²) in [6.45, 7) is 4.60. The summed E-state index contributed by atoms with van der Waals surface area (Å²) in [5.41, 5.74) is 2.00. The second kappa shape index (κ2) is 6.65. The predicted octanol–water partition coefficient (Wildman–Crippen LogP) is 2.87. The van der Waals surface area contributed by atoms with Gasteiger partial charge < -0.3 is 5.32 Å². The van der Waals surface area contributed by atoms with Gasteiger partial charge in [0, 0.05) is 11.0 Å². The van der Waals surface area contributed by atoms with Gasteiger partial charge in [-0.05, 0) is 37.6 Å². The van der Waals surface area contributed by atoms with Crippen LogP contribution in [-0.4, -0.2) is 27.4 Å². The van der Waals surface area contributed by atoms with Crippen LogP contribution in [0, 0.1) is 6.92 Å². The molecule has 0 aliphatic carbocycles. The number of carbonyl (C=O) groups is 1. The predicted molar refractivity (Wildman–Crippen MR) is 81.0 cm³/mol.